The smallest absolute Gasteiger partial charge is 0.345 e. The second-order valence-corrected chi connectivity index (χ2v) is 6.58. The number of ether oxygens (including phenoxy) is 2. The summed E-state index contributed by atoms with van der Waals surface area (Å²) in [5.74, 6) is -0.352. The predicted molar refractivity (Wildman–Crippen MR) is 107 cm³/mol. The summed E-state index contributed by atoms with van der Waals surface area (Å²) in [6, 6.07) is 26.5. The molecule has 0 fully saturated rings. The van der Waals surface area contributed by atoms with Crippen LogP contribution in [-0.4, -0.2) is 17.7 Å². The van der Waals surface area contributed by atoms with Crippen LogP contribution in [0.5, 0.6) is 5.75 Å². The van der Waals surface area contributed by atoms with Gasteiger partial charge >= 0.3 is 5.97 Å². The molecule has 0 spiro atoms. The van der Waals surface area contributed by atoms with Crippen molar-refractivity contribution in [3.63, 3.8) is 0 Å². The zero-order valence-corrected chi connectivity index (χ0v) is 15.2. The maximum absolute atomic E-state index is 12.3. The van der Waals surface area contributed by atoms with E-state index < -0.39 is 11.6 Å². The van der Waals surface area contributed by atoms with Crippen LogP contribution in [0.1, 0.15) is 16.7 Å². The minimum Gasteiger partial charge on any atom is -0.489 e. The average Bonchev–Trinajstić information content (AvgIpc) is 3.20. The lowest BCUT2D eigenvalue weighted by molar-refractivity contribution is -0.156. The summed E-state index contributed by atoms with van der Waals surface area (Å²) in [5, 5.41) is 10.1. The summed E-state index contributed by atoms with van der Waals surface area (Å²) in [7, 11) is 0. The summed E-state index contributed by atoms with van der Waals surface area (Å²) >= 11 is 0. The molecule has 0 aliphatic carbocycles. The van der Waals surface area contributed by atoms with Gasteiger partial charge in [0.05, 0.1) is 6.61 Å². The van der Waals surface area contributed by atoms with Crippen molar-refractivity contribution < 1.29 is 19.4 Å². The first-order valence-electron chi connectivity index (χ1n) is 9.11. The van der Waals surface area contributed by atoms with Gasteiger partial charge in [-0.3, -0.25) is 0 Å². The van der Waals surface area contributed by atoms with E-state index in [9.17, 15) is 9.90 Å². The van der Waals surface area contributed by atoms with Crippen molar-refractivity contribution in [2.75, 3.05) is 6.61 Å². The number of hydrogen-bond donors (Lipinski definition) is 1. The van der Waals surface area contributed by atoms with Gasteiger partial charge in [-0.1, -0.05) is 78.9 Å². The van der Waals surface area contributed by atoms with E-state index in [-0.39, 0.29) is 6.61 Å². The Balaban J connectivity index is 1.60. The third-order valence-electron chi connectivity index (χ3n) is 4.86. The lowest BCUT2D eigenvalue weighted by Crippen LogP contribution is -2.37. The van der Waals surface area contributed by atoms with Gasteiger partial charge in [0.25, 0.3) is 0 Å². The molecule has 1 unspecified atom stereocenters. The van der Waals surface area contributed by atoms with E-state index >= 15 is 0 Å². The molecule has 1 aliphatic rings. The highest BCUT2D eigenvalue weighted by molar-refractivity contribution is 5.97. The molecule has 0 saturated carbocycles. The molecule has 4 rings (SSSR count). The molecule has 0 saturated heterocycles. The van der Waals surface area contributed by atoms with E-state index in [1.807, 2.05) is 66.7 Å². The number of carboxylic acids is 1. The standard InChI is InChI=1S/C24H20O4/c25-23(26)24(22(15-16-28-24)19-9-5-2-6-10-19)20-11-13-21(14-12-20)27-17-18-7-3-1-4-8-18/h1-15H,16-17H2,(H,25,26). The Morgan fingerprint density at radius 3 is 2.21 bits per heavy atom. The summed E-state index contributed by atoms with van der Waals surface area (Å²) in [4.78, 5) is 12.3. The predicted octanol–water partition coefficient (Wildman–Crippen LogP) is 4.66. The van der Waals surface area contributed by atoms with Gasteiger partial charge in [0.1, 0.15) is 12.4 Å². The number of aliphatic carboxylic acids is 1. The zero-order valence-electron chi connectivity index (χ0n) is 15.2. The van der Waals surface area contributed by atoms with Crippen LogP contribution >= 0.6 is 0 Å². The second-order valence-electron chi connectivity index (χ2n) is 6.58. The number of carbonyl (C=O) groups is 1. The summed E-state index contributed by atoms with van der Waals surface area (Å²) in [6.45, 7) is 0.707. The van der Waals surface area contributed by atoms with Gasteiger partial charge in [0.15, 0.2) is 0 Å². The van der Waals surface area contributed by atoms with E-state index in [1.165, 1.54) is 0 Å². The fourth-order valence-corrected chi connectivity index (χ4v) is 3.48. The molecule has 140 valence electrons. The van der Waals surface area contributed by atoms with E-state index in [1.54, 1.807) is 24.3 Å². The first kappa shape index (κ1) is 18.0. The maximum Gasteiger partial charge on any atom is 0.345 e. The van der Waals surface area contributed by atoms with Crippen LogP contribution < -0.4 is 4.74 Å². The topological polar surface area (TPSA) is 55.8 Å². The third kappa shape index (κ3) is 3.30. The molecule has 0 aromatic heterocycles. The molecule has 1 N–H and O–H groups in total. The van der Waals surface area contributed by atoms with Crippen molar-refractivity contribution in [3.8, 4) is 5.75 Å². The van der Waals surface area contributed by atoms with Gasteiger partial charge in [-0.05, 0) is 28.8 Å². The van der Waals surface area contributed by atoms with Gasteiger partial charge in [-0.25, -0.2) is 4.79 Å². The highest BCUT2D eigenvalue weighted by Gasteiger charge is 2.48. The van der Waals surface area contributed by atoms with Crippen LogP contribution in [0.25, 0.3) is 5.57 Å². The van der Waals surface area contributed by atoms with E-state index in [0.29, 0.717) is 23.5 Å². The summed E-state index contributed by atoms with van der Waals surface area (Å²) in [5.41, 5.74) is 1.62. The fourth-order valence-electron chi connectivity index (χ4n) is 3.48. The Morgan fingerprint density at radius 1 is 0.929 bits per heavy atom. The van der Waals surface area contributed by atoms with E-state index in [4.69, 9.17) is 9.47 Å². The van der Waals surface area contributed by atoms with Crippen molar-refractivity contribution in [3.05, 3.63) is 108 Å². The lowest BCUT2D eigenvalue weighted by Gasteiger charge is -2.28. The molecule has 0 radical (unpaired) electrons. The highest BCUT2D eigenvalue weighted by Crippen LogP contribution is 2.44. The lowest BCUT2D eigenvalue weighted by atomic mass is 9.83. The van der Waals surface area contributed by atoms with Crippen molar-refractivity contribution >= 4 is 11.5 Å². The van der Waals surface area contributed by atoms with E-state index in [0.717, 1.165) is 11.1 Å². The number of carboxylic acid groups (broad SMARTS) is 1. The molecule has 0 amide bonds. The van der Waals surface area contributed by atoms with Crippen LogP contribution in [0.4, 0.5) is 0 Å². The molecule has 1 heterocycles. The van der Waals surface area contributed by atoms with Gasteiger partial charge < -0.3 is 14.6 Å². The Bertz CT molecular complexity index is 978. The van der Waals surface area contributed by atoms with Crippen LogP contribution in [0, 0.1) is 0 Å². The fraction of sp³-hybridized carbons (Fsp3) is 0.125. The van der Waals surface area contributed by atoms with Gasteiger partial charge in [0, 0.05) is 5.57 Å². The molecule has 4 heteroatoms. The number of benzene rings is 3. The minimum atomic E-state index is -1.51. The first-order valence-corrected chi connectivity index (χ1v) is 9.11. The Kier molecular flexibility index (Phi) is 4.96. The monoisotopic (exact) mass is 372 g/mol. The average molecular weight is 372 g/mol. The molecular formula is C24H20O4. The zero-order chi connectivity index (χ0) is 19.4. The molecular weight excluding hydrogens is 352 g/mol. The largest absolute Gasteiger partial charge is 0.489 e. The number of rotatable bonds is 6. The molecule has 1 atom stereocenters. The second kappa shape index (κ2) is 7.71. The van der Waals surface area contributed by atoms with Crippen molar-refractivity contribution in [2.45, 2.75) is 12.2 Å². The van der Waals surface area contributed by atoms with Crippen LogP contribution in [0.15, 0.2) is 91.0 Å². The van der Waals surface area contributed by atoms with Crippen molar-refractivity contribution in [1.29, 1.82) is 0 Å². The maximum atomic E-state index is 12.3. The Labute approximate surface area is 163 Å². The molecule has 1 aliphatic heterocycles. The minimum absolute atomic E-state index is 0.253. The third-order valence-corrected chi connectivity index (χ3v) is 4.86. The van der Waals surface area contributed by atoms with Gasteiger partial charge in [0.2, 0.25) is 5.60 Å². The normalized spacial score (nSPS) is 18.5. The Morgan fingerprint density at radius 2 is 1.57 bits per heavy atom. The highest BCUT2D eigenvalue weighted by atomic mass is 16.5. The van der Waals surface area contributed by atoms with Crippen molar-refractivity contribution in [1.82, 2.24) is 0 Å². The molecule has 28 heavy (non-hydrogen) atoms. The van der Waals surface area contributed by atoms with Crippen LogP contribution in [0.2, 0.25) is 0 Å². The molecule has 0 bridgehead atoms. The van der Waals surface area contributed by atoms with Crippen LogP contribution in [-0.2, 0) is 21.7 Å². The molecule has 4 nitrogen and oxygen atoms in total. The molecule has 3 aromatic carbocycles. The van der Waals surface area contributed by atoms with Crippen LogP contribution in [0.3, 0.4) is 0 Å². The Hall–Kier alpha value is -3.37. The van der Waals surface area contributed by atoms with E-state index in [2.05, 4.69) is 0 Å². The van der Waals surface area contributed by atoms with Gasteiger partial charge in [-0.2, -0.15) is 0 Å². The first-order chi connectivity index (χ1) is 13.7. The SMILES string of the molecule is O=C(O)C1(c2ccc(OCc3ccccc3)cc2)OCC=C1c1ccccc1. The quantitative estimate of drug-likeness (QED) is 0.684. The van der Waals surface area contributed by atoms with Crippen molar-refractivity contribution in [2.24, 2.45) is 0 Å². The summed E-state index contributed by atoms with van der Waals surface area (Å²) < 4.78 is 11.6. The number of hydrogen-bond acceptors (Lipinski definition) is 3. The summed E-state index contributed by atoms with van der Waals surface area (Å²) in [6.07, 6.45) is 1.84. The van der Waals surface area contributed by atoms with Gasteiger partial charge in [-0.15, -0.1) is 0 Å². The molecule has 3 aromatic rings.